The first-order chi connectivity index (χ1) is 7.12. The number of β-amino-alcohol motifs (C(OH)–C–C–N with tert-alkyl or cyclic N) is 1. The summed E-state index contributed by atoms with van der Waals surface area (Å²) in [5.41, 5.74) is 0.594. The zero-order valence-corrected chi connectivity index (χ0v) is 9.92. The second kappa shape index (κ2) is 4.40. The van der Waals surface area contributed by atoms with E-state index < -0.39 is 0 Å². The van der Waals surface area contributed by atoms with E-state index in [0.717, 1.165) is 32.0 Å². The van der Waals surface area contributed by atoms with Gasteiger partial charge in [0, 0.05) is 25.7 Å². The summed E-state index contributed by atoms with van der Waals surface area (Å²) in [6.45, 7) is 7.57. The molecule has 1 aliphatic heterocycles. The first-order valence-corrected chi connectivity index (χ1v) is 6.24. The maximum absolute atomic E-state index is 9.37. The maximum atomic E-state index is 9.37. The normalized spacial score (nSPS) is 33.6. The third-order valence-corrected chi connectivity index (χ3v) is 4.18. The highest BCUT2D eigenvalue weighted by Gasteiger charge is 2.44. The molecule has 88 valence electrons. The molecule has 1 saturated carbocycles. The molecule has 3 N–H and O–H groups in total. The van der Waals surface area contributed by atoms with Crippen LogP contribution in [0.5, 0.6) is 0 Å². The highest BCUT2D eigenvalue weighted by molar-refractivity contribution is 4.97. The summed E-state index contributed by atoms with van der Waals surface area (Å²) < 4.78 is 0. The van der Waals surface area contributed by atoms with E-state index in [9.17, 15) is 5.11 Å². The van der Waals surface area contributed by atoms with E-state index in [1.807, 2.05) is 0 Å². The van der Waals surface area contributed by atoms with Crippen LogP contribution in [0.3, 0.4) is 0 Å². The highest BCUT2D eigenvalue weighted by atomic mass is 16.3. The number of rotatable bonds is 5. The van der Waals surface area contributed by atoms with Gasteiger partial charge in [-0.2, -0.15) is 0 Å². The molecular formula is C12H24N2O. The molecule has 2 atom stereocenters. The molecule has 0 aromatic heterocycles. The highest BCUT2D eigenvalue weighted by Crippen LogP contribution is 2.51. The van der Waals surface area contributed by atoms with Gasteiger partial charge in [0.1, 0.15) is 0 Å². The van der Waals surface area contributed by atoms with E-state index in [2.05, 4.69) is 24.5 Å². The average Bonchev–Trinajstić information content (AvgIpc) is 2.86. The van der Waals surface area contributed by atoms with Crippen LogP contribution in [0, 0.1) is 11.3 Å². The zero-order valence-electron chi connectivity index (χ0n) is 9.92. The third kappa shape index (κ3) is 2.71. The van der Waals surface area contributed by atoms with Crippen molar-refractivity contribution in [2.75, 3.05) is 19.6 Å². The minimum absolute atomic E-state index is 0.128. The minimum Gasteiger partial charge on any atom is -0.392 e. The quantitative estimate of drug-likeness (QED) is 0.629. The van der Waals surface area contributed by atoms with Crippen LogP contribution in [-0.2, 0) is 0 Å². The summed E-state index contributed by atoms with van der Waals surface area (Å²) in [5.74, 6) is 0.798. The number of nitrogens with one attached hydrogen (secondary N) is 2. The number of hydrogen-bond donors (Lipinski definition) is 3. The monoisotopic (exact) mass is 212 g/mol. The predicted octanol–water partition coefficient (Wildman–Crippen LogP) is 0.735. The molecule has 2 unspecified atom stereocenters. The second-order valence-electron chi connectivity index (χ2n) is 5.64. The van der Waals surface area contributed by atoms with Gasteiger partial charge >= 0.3 is 0 Å². The van der Waals surface area contributed by atoms with Crippen molar-refractivity contribution >= 4 is 0 Å². The van der Waals surface area contributed by atoms with Crippen LogP contribution in [0.15, 0.2) is 0 Å². The van der Waals surface area contributed by atoms with Crippen LogP contribution >= 0.6 is 0 Å². The van der Waals surface area contributed by atoms with Gasteiger partial charge in [0.15, 0.2) is 0 Å². The molecule has 0 spiro atoms. The molecule has 2 fully saturated rings. The Balaban J connectivity index is 1.63. The molecule has 3 heteroatoms. The number of aliphatic hydroxyl groups is 1. The number of hydrogen-bond acceptors (Lipinski definition) is 3. The van der Waals surface area contributed by atoms with Crippen LogP contribution in [0.4, 0.5) is 0 Å². The van der Waals surface area contributed by atoms with Crippen molar-refractivity contribution < 1.29 is 5.11 Å². The topological polar surface area (TPSA) is 44.3 Å². The van der Waals surface area contributed by atoms with Crippen molar-refractivity contribution in [1.29, 1.82) is 0 Å². The molecular weight excluding hydrogens is 188 g/mol. The fourth-order valence-corrected chi connectivity index (χ4v) is 2.57. The lowest BCUT2D eigenvalue weighted by atomic mass is 9.92. The summed E-state index contributed by atoms with van der Waals surface area (Å²) in [7, 11) is 0. The molecule has 0 amide bonds. The molecule has 0 bridgehead atoms. The summed E-state index contributed by atoms with van der Waals surface area (Å²) >= 11 is 0. The lowest BCUT2D eigenvalue weighted by molar-refractivity contribution is 0.193. The van der Waals surface area contributed by atoms with E-state index in [1.165, 1.54) is 12.8 Å². The molecule has 1 saturated heterocycles. The van der Waals surface area contributed by atoms with Gasteiger partial charge in [0.2, 0.25) is 0 Å². The van der Waals surface area contributed by atoms with Crippen molar-refractivity contribution in [2.45, 2.75) is 45.3 Å². The molecule has 15 heavy (non-hydrogen) atoms. The summed E-state index contributed by atoms with van der Waals surface area (Å²) in [4.78, 5) is 0. The predicted molar refractivity (Wildman–Crippen MR) is 61.8 cm³/mol. The van der Waals surface area contributed by atoms with Gasteiger partial charge < -0.3 is 15.7 Å². The average molecular weight is 212 g/mol. The van der Waals surface area contributed by atoms with Crippen molar-refractivity contribution in [3.8, 4) is 0 Å². The van der Waals surface area contributed by atoms with Crippen molar-refractivity contribution in [2.24, 2.45) is 11.3 Å². The molecule has 0 radical (unpaired) electrons. The van der Waals surface area contributed by atoms with Gasteiger partial charge in [-0.15, -0.1) is 0 Å². The number of aliphatic hydroxyl groups excluding tert-OH is 1. The zero-order chi connectivity index (χ0) is 10.9. The molecule has 3 nitrogen and oxygen atoms in total. The molecule has 1 heterocycles. The van der Waals surface area contributed by atoms with E-state index in [0.29, 0.717) is 11.5 Å². The standard InChI is InChI=1S/C12H24N2O/c1-9(2)12(3-4-12)8-13-6-10-5-11(15)7-14-10/h9-11,13-15H,3-8H2,1-2H3. The van der Waals surface area contributed by atoms with Crippen LogP contribution < -0.4 is 10.6 Å². The van der Waals surface area contributed by atoms with Gasteiger partial charge in [-0.25, -0.2) is 0 Å². The molecule has 1 aliphatic carbocycles. The Morgan fingerprint density at radius 1 is 1.47 bits per heavy atom. The SMILES string of the molecule is CC(C)C1(CNCC2CC(O)CN2)CC1. The molecule has 0 aromatic rings. The van der Waals surface area contributed by atoms with E-state index in [1.54, 1.807) is 0 Å². The minimum atomic E-state index is -0.128. The Morgan fingerprint density at radius 2 is 2.20 bits per heavy atom. The smallest absolute Gasteiger partial charge is 0.0680 e. The molecule has 2 rings (SSSR count). The second-order valence-corrected chi connectivity index (χ2v) is 5.64. The fraction of sp³-hybridized carbons (Fsp3) is 1.00. The van der Waals surface area contributed by atoms with Crippen LogP contribution in [0.1, 0.15) is 33.1 Å². The van der Waals surface area contributed by atoms with Crippen LogP contribution in [0.25, 0.3) is 0 Å². The first kappa shape index (κ1) is 11.4. The van der Waals surface area contributed by atoms with Crippen LogP contribution in [-0.4, -0.2) is 36.9 Å². The maximum Gasteiger partial charge on any atom is 0.0680 e. The fourth-order valence-electron chi connectivity index (χ4n) is 2.57. The first-order valence-electron chi connectivity index (χ1n) is 6.24. The van der Waals surface area contributed by atoms with E-state index in [-0.39, 0.29) is 6.10 Å². The summed E-state index contributed by atoms with van der Waals surface area (Å²) in [6, 6.07) is 0.475. The lowest BCUT2D eigenvalue weighted by Gasteiger charge is -2.21. The Bertz CT molecular complexity index is 214. The Morgan fingerprint density at radius 3 is 2.67 bits per heavy atom. The van der Waals surface area contributed by atoms with Gasteiger partial charge in [0.25, 0.3) is 0 Å². The summed E-state index contributed by atoms with van der Waals surface area (Å²) in [5, 5.41) is 16.3. The van der Waals surface area contributed by atoms with Crippen LogP contribution in [0.2, 0.25) is 0 Å². The van der Waals surface area contributed by atoms with E-state index in [4.69, 9.17) is 0 Å². The Hall–Kier alpha value is -0.120. The van der Waals surface area contributed by atoms with Gasteiger partial charge in [-0.05, 0) is 30.6 Å². The van der Waals surface area contributed by atoms with Crippen molar-refractivity contribution in [1.82, 2.24) is 10.6 Å². The van der Waals surface area contributed by atoms with Gasteiger partial charge in [-0.1, -0.05) is 13.8 Å². The largest absolute Gasteiger partial charge is 0.392 e. The van der Waals surface area contributed by atoms with Gasteiger partial charge in [0.05, 0.1) is 6.10 Å². The van der Waals surface area contributed by atoms with E-state index >= 15 is 0 Å². The van der Waals surface area contributed by atoms with Crippen molar-refractivity contribution in [3.63, 3.8) is 0 Å². The molecule has 2 aliphatic rings. The van der Waals surface area contributed by atoms with Crippen molar-refractivity contribution in [3.05, 3.63) is 0 Å². The Kier molecular flexibility index (Phi) is 3.33. The lowest BCUT2D eigenvalue weighted by Crippen LogP contribution is -2.37. The molecule has 0 aromatic carbocycles. The van der Waals surface area contributed by atoms with Gasteiger partial charge in [-0.3, -0.25) is 0 Å². The third-order valence-electron chi connectivity index (χ3n) is 4.18. The summed E-state index contributed by atoms with van der Waals surface area (Å²) in [6.07, 6.45) is 3.55. The Labute approximate surface area is 92.6 Å².